The maximum absolute atomic E-state index is 8.91. The average Bonchev–Trinajstić information content (AvgIpc) is 2.67. The Morgan fingerprint density at radius 2 is 2.00 bits per heavy atom. The number of aliphatic hydroxyl groups excluding tert-OH is 1. The zero-order valence-corrected chi connectivity index (χ0v) is 7.54. The van der Waals surface area contributed by atoms with Crippen LogP contribution < -0.4 is 0 Å². The monoisotopic (exact) mass is 190 g/mol. The van der Waals surface area contributed by atoms with Crippen LogP contribution in [0.2, 0.25) is 0 Å². The van der Waals surface area contributed by atoms with E-state index in [0.29, 0.717) is 12.2 Å². The Morgan fingerprint density at radius 3 is 2.71 bits per heavy atom. The molecule has 0 saturated carbocycles. The van der Waals surface area contributed by atoms with Crippen LogP contribution in [-0.2, 0) is 13.2 Å². The van der Waals surface area contributed by atoms with Crippen LogP contribution in [0, 0.1) is 0 Å². The van der Waals surface area contributed by atoms with Crippen LogP contribution >= 0.6 is 0 Å². The molecule has 0 unspecified atom stereocenters. The van der Waals surface area contributed by atoms with Crippen LogP contribution in [0.3, 0.4) is 0 Å². The molecule has 0 aliphatic rings. The van der Waals surface area contributed by atoms with Gasteiger partial charge in [0.25, 0.3) is 0 Å². The van der Waals surface area contributed by atoms with Gasteiger partial charge in [-0.25, -0.2) is 4.68 Å². The molecule has 1 N–H and O–H groups in total. The van der Waals surface area contributed by atoms with Crippen molar-refractivity contribution in [3.63, 3.8) is 0 Å². The lowest BCUT2D eigenvalue weighted by molar-refractivity contribution is 0.189. The van der Waals surface area contributed by atoms with Crippen molar-refractivity contribution in [2.24, 2.45) is 0 Å². The third-order valence-electron chi connectivity index (χ3n) is 1.95. The van der Waals surface area contributed by atoms with Gasteiger partial charge in [0.05, 0.1) is 0 Å². The highest BCUT2D eigenvalue weighted by Gasteiger charge is 2.04. The van der Waals surface area contributed by atoms with Crippen molar-refractivity contribution in [2.75, 3.05) is 0 Å². The van der Waals surface area contributed by atoms with Gasteiger partial charge in [-0.15, -0.1) is 5.10 Å². The van der Waals surface area contributed by atoms with E-state index in [2.05, 4.69) is 15.5 Å². The smallest absolute Gasteiger partial charge is 0.158 e. The average molecular weight is 190 g/mol. The molecular formula is C9H10N4O. The van der Waals surface area contributed by atoms with Crippen molar-refractivity contribution in [3.8, 4) is 0 Å². The Kier molecular flexibility index (Phi) is 2.51. The quantitative estimate of drug-likeness (QED) is 0.751. The first-order chi connectivity index (χ1) is 6.90. The summed E-state index contributed by atoms with van der Waals surface area (Å²) in [5, 5.41) is 19.9. The van der Waals surface area contributed by atoms with Gasteiger partial charge in [0, 0.05) is 6.42 Å². The summed E-state index contributed by atoms with van der Waals surface area (Å²) in [4.78, 5) is 0. The van der Waals surface area contributed by atoms with Crippen molar-refractivity contribution in [1.29, 1.82) is 0 Å². The molecule has 72 valence electrons. The second kappa shape index (κ2) is 3.97. The predicted molar refractivity (Wildman–Crippen MR) is 49.3 cm³/mol. The van der Waals surface area contributed by atoms with Gasteiger partial charge in [0.15, 0.2) is 5.82 Å². The Bertz CT molecular complexity index is 398. The summed E-state index contributed by atoms with van der Waals surface area (Å²) in [6.07, 6.45) is 0.633. The summed E-state index contributed by atoms with van der Waals surface area (Å²) in [6, 6.07) is 9.87. The van der Waals surface area contributed by atoms with E-state index < -0.39 is 0 Å². The van der Waals surface area contributed by atoms with Crippen molar-refractivity contribution >= 4 is 0 Å². The molecule has 0 fully saturated rings. The van der Waals surface area contributed by atoms with E-state index in [1.807, 2.05) is 30.3 Å². The second-order valence-electron chi connectivity index (χ2n) is 2.90. The summed E-state index contributed by atoms with van der Waals surface area (Å²) in [5.74, 6) is 0.665. The van der Waals surface area contributed by atoms with E-state index in [9.17, 15) is 0 Å². The minimum atomic E-state index is -0.185. The predicted octanol–water partition coefficient (Wildman–Crippen LogP) is 0.214. The summed E-state index contributed by atoms with van der Waals surface area (Å²) in [5.41, 5.74) is 1.12. The van der Waals surface area contributed by atoms with E-state index >= 15 is 0 Å². The van der Waals surface area contributed by atoms with Gasteiger partial charge in [0.2, 0.25) is 0 Å². The lowest BCUT2D eigenvalue weighted by Gasteiger charge is -2.00. The Morgan fingerprint density at radius 1 is 1.21 bits per heavy atom. The van der Waals surface area contributed by atoms with Gasteiger partial charge >= 0.3 is 0 Å². The molecule has 0 aliphatic heterocycles. The number of aliphatic hydroxyl groups is 1. The first kappa shape index (κ1) is 8.83. The van der Waals surface area contributed by atoms with Gasteiger partial charge in [-0.2, -0.15) is 0 Å². The molecule has 0 aliphatic carbocycles. The minimum Gasteiger partial charge on any atom is -0.374 e. The second-order valence-corrected chi connectivity index (χ2v) is 2.90. The van der Waals surface area contributed by atoms with E-state index in [-0.39, 0.29) is 6.73 Å². The first-order valence-corrected chi connectivity index (χ1v) is 4.30. The zero-order valence-electron chi connectivity index (χ0n) is 7.54. The largest absolute Gasteiger partial charge is 0.374 e. The van der Waals surface area contributed by atoms with Gasteiger partial charge in [-0.3, -0.25) is 0 Å². The summed E-state index contributed by atoms with van der Waals surface area (Å²) in [7, 11) is 0. The van der Waals surface area contributed by atoms with Crippen molar-refractivity contribution in [2.45, 2.75) is 13.2 Å². The fourth-order valence-electron chi connectivity index (χ4n) is 1.24. The molecule has 0 amide bonds. The third kappa shape index (κ3) is 1.77. The van der Waals surface area contributed by atoms with E-state index in [1.54, 1.807) is 0 Å². The highest BCUT2D eigenvalue weighted by atomic mass is 16.3. The third-order valence-corrected chi connectivity index (χ3v) is 1.95. The first-order valence-electron chi connectivity index (χ1n) is 4.30. The number of hydrogen-bond donors (Lipinski definition) is 1. The van der Waals surface area contributed by atoms with Gasteiger partial charge in [-0.1, -0.05) is 30.3 Å². The molecule has 0 spiro atoms. The molecule has 2 aromatic rings. The van der Waals surface area contributed by atoms with E-state index in [4.69, 9.17) is 5.11 Å². The van der Waals surface area contributed by atoms with Crippen LogP contribution in [0.25, 0.3) is 0 Å². The summed E-state index contributed by atoms with van der Waals surface area (Å²) >= 11 is 0. The van der Waals surface area contributed by atoms with Crippen LogP contribution in [0.15, 0.2) is 30.3 Å². The molecule has 14 heavy (non-hydrogen) atoms. The maximum Gasteiger partial charge on any atom is 0.158 e. The van der Waals surface area contributed by atoms with Crippen LogP contribution in [0.4, 0.5) is 0 Å². The van der Waals surface area contributed by atoms with Crippen LogP contribution in [-0.4, -0.2) is 25.3 Å². The minimum absolute atomic E-state index is 0.185. The van der Waals surface area contributed by atoms with Gasteiger partial charge in [0.1, 0.15) is 6.73 Å². The van der Waals surface area contributed by atoms with Crippen molar-refractivity contribution in [3.05, 3.63) is 41.7 Å². The fourth-order valence-corrected chi connectivity index (χ4v) is 1.24. The fraction of sp³-hybridized carbons (Fsp3) is 0.222. The zero-order chi connectivity index (χ0) is 9.80. The molecule has 0 bridgehead atoms. The lowest BCUT2D eigenvalue weighted by atomic mass is 10.1. The van der Waals surface area contributed by atoms with E-state index in [1.165, 1.54) is 4.68 Å². The van der Waals surface area contributed by atoms with Gasteiger partial charge < -0.3 is 5.11 Å². The Labute approximate surface area is 81.0 Å². The molecule has 0 radical (unpaired) electrons. The number of hydrogen-bond acceptors (Lipinski definition) is 4. The molecular weight excluding hydrogens is 180 g/mol. The normalized spacial score (nSPS) is 10.4. The van der Waals surface area contributed by atoms with Crippen LogP contribution in [0.5, 0.6) is 0 Å². The maximum atomic E-state index is 8.91. The molecule has 0 atom stereocenters. The molecule has 1 aromatic carbocycles. The highest BCUT2D eigenvalue weighted by molar-refractivity contribution is 5.18. The molecule has 5 nitrogen and oxygen atoms in total. The highest BCUT2D eigenvalue weighted by Crippen LogP contribution is 2.04. The van der Waals surface area contributed by atoms with E-state index in [0.717, 1.165) is 5.56 Å². The SMILES string of the molecule is OCn1nnnc1Cc1ccccc1. The summed E-state index contributed by atoms with van der Waals surface area (Å²) < 4.78 is 1.37. The number of benzene rings is 1. The molecule has 1 heterocycles. The Hall–Kier alpha value is -1.75. The molecule has 1 aromatic heterocycles. The molecule has 2 rings (SSSR count). The molecule has 5 heteroatoms. The van der Waals surface area contributed by atoms with Crippen molar-refractivity contribution < 1.29 is 5.11 Å². The van der Waals surface area contributed by atoms with Crippen LogP contribution in [0.1, 0.15) is 11.4 Å². The number of nitrogens with zero attached hydrogens (tertiary/aromatic N) is 4. The van der Waals surface area contributed by atoms with Gasteiger partial charge in [-0.05, 0) is 16.0 Å². The van der Waals surface area contributed by atoms with Crippen molar-refractivity contribution in [1.82, 2.24) is 20.2 Å². The standard InChI is InChI=1S/C9H10N4O/c14-7-13-9(10-11-12-13)6-8-4-2-1-3-5-8/h1-5,14H,6-7H2. The lowest BCUT2D eigenvalue weighted by Crippen LogP contribution is -2.05. The topological polar surface area (TPSA) is 63.8 Å². The number of rotatable bonds is 3. The Balaban J connectivity index is 2.19. The number of aromatic nitrogens is 4. The summed E-state index contributed by atoms with van der Waals surface area (Å²) in [6.45, 7) is -0.185. The number of tetrazole rings is 1. The molecule has 0 saturated heterocycles.